The van der Waals surface area contributed by atoms with Crippen LogP contribution in [0.2, 0.25) is 15.1 Å². The van der Waals surface area contributed by atoms with E-state index in [1.54, 1.807) is 24.3 Å². The van der Waals surface area contributed by atoms with Crippen molar-refractivity contribution in [3.63, 3.8) is 0 Å². The third-order valence-electron chi connectivity index (χ3n) is 5.53. The van der Waals surface area contributed by atoms with Crippen LogP contribution in [0.15, 0.2) is 72.8 Å². The lowest BCUT2D eigenvalue weighted by atomic mass is 10.1. The van der Waals surface area contributed by atoms with Gasteiger partial charge in [0.25, 0.3) is 0 Å². The molecule has 2 N–H and O–H groups in total. The predicted octanol–water partition coefficient (Wildman–Crippen LogP) is 8.75. The van der Waals surface area contributed by atoms with Crippen LogP contribution in [-0.4, -0.2) is 10.6 Å². The Hall–Kier alpha value is -3.13. The fraction of sp³-hybridized carbons (Fsp3) is 0.115. The fourth-order valence-electron chi connectivity index (χ4n) is 3.78. The third kappa shape index (κ3) is 5.81. The number of aromatic nitrogens is 1. The Kier molecular flexibility index (Phi) is 7.54. The van der Waals surface area contributed by atoms with Gasteiger partial charge in [-0.25, -0.2) is 4.79 Å². The van der Waals surface area contributed by atoms with Gasteiger partial charge in [0.2, 0.25) is 0 Å². The molecule has 4 rings (SSSR count). The topological polar surface area (TPSA) is 46.1 Å². The number of halogens is 6. The second-order valence-electron chi connectivity index (χ2n) is 7.96. The molecular weight excluding hydrogens is 534 g/mol. The molecule has 4 nitrogen and oxygen atoms in total. The van der Waals surface area contributed by atoms with Gasteiger partial charge in [-0.15, -0.1) is 0 Å². The summed E-state index contributed by atoms with van der Waals surface area (Å²) in [5, 5.41) is 6.69. The van der Waals surface area contributed by atoms with Crippen LogP contribution in [0, 0.1) is 6.92 Å². The van der Waals surface area contributed by atoms with E-state index in [9.17, 15) is 18.0 Å². The first-order valence-corrected chi connectivity index (χ1v) is 11.8. The van der Waals surface area contributed by atoms with Gasteiger partial charge >= 0.3 is 12.2 Å². The van der Waals surface area contributed by atoms with E-state index >= 15 is 0 Å². The van der Waals surface area contributed by atoms with Gasteiger partial charge in [0.1, 0.15) is 0 Å². The zero-order valence-electron chi connectivity index (χ0n) is 18.8. The van der Waals surface area contributed by atoms with Crippen molar-refractivity contribution in [3.8, 4) is 16.9 Å². The van der Waals surface area contributed by atoms with Crippen molar-refractivity contribution in [1.29, 1.82) is 0 Å². The lowest BCUT2D eigenvalue weighted by Crippen LogP contribution is -2.28. The molecule has 2 amide bonds. The summed E-state index contributed by atoms with van der Waals surface area (Å²) in [6.07, 6.45) is -4.50. The number of urea groups is 1. The molecule has 0 fully saturated rings. The van der Waals surface area contributed by atoms with Crippen molar-refractivity contribution in [1.82, 2.24) is 9.88 Å². The number of anilines is 1. The summed E-state index contributed by atoms with van der Waals surface area (Å²) in [6, 6.07) is 18.1. The second-order valence-corrected chi connectivity index (χ2v) is 9.24. The van der Waals surface area contributed by atoms with Crippen LogP contribution in [0.3, 0.4) is 0 Å². The standard InChI is InChI=1S/C26H19Cl3F3N3O/c1-15-16(14-33-25(36)34-20-4-2-3-17(12-20)26(30,31)32)11-24(22-10-7-19(28)13-23(22)29)35(15)21-8-5-18(27)6-9-21/h2-13H,14H2,1H3,(H2,33,34,36). The first-order valence-electron chi connectivity index (χ1n) is 10.7. The number of alkyl halides is 3. The highest BCUT2D eigenvalue weighted by Gasteiger charge is 2.30. The van der Waals surface area contributed by atoms with Gasteiger partial charge < -0.3 is 15.2 Å². The van der Waals surface area contributed by atoms with E-state index in [1.165, 1.54) is 12.1 Å². The van der Waals surface area contributed by atoms with Crippen molar-refractivity contribution >= 4 is 46.5 Å². The molecule has 10 heteroatoms. The first kappa shape index (κ1) is 25.9. The lowest BCUT2D eigenvalue weighted by molar-refractivity contribution is -0.137. The number of nitrogens with one attached hydrogen (secondary N) is 2. The third-order valence-corrected chi connectivity index (χ3v) is 6.33. The Bertz CT molecular complexity index is 1420. The summed E-state index contributed by atoms with van der Waals surface area (Å²) in [6.45, 7) is 2.01. The number of carbonyl (C=O) groups excluding carboxylic acids is 1. The van der Waals surface area contributed by atoms with E-state index in [4.69, 9.17) is 34.8 Å². The second kappa shape index (κ2) is 10.5. The van der Waals surface area contributed by atoms with Crippen molar-refractivity contribution in [2.24, 2.45) is 0 Å². The van der Waals surface area contributed by atoms with Gasteiger partial charge in [0.15, 0.2) is 0 Å². The van der Waals surface area contributed by atoms with E-state index in [0.717, 1.165) is 40.3 Å². The minimum atomic E-state index is -4.50. The highest BCUT2D eigenvalue weighted by molar-refractivity contribution is 6.36. The van der Waals surface area contributed by atoms with E-state index in [1.807, 2.05) is 35.8 Å². The van der Waals surface area contributed by atoms with Crippen molar-refractivity contribution < 1.29 is 18.0 Å². The maximum Gasteiger partial charge on any atom is 0.416 e. The van der Waals surface area contributed by atoms with Gasteiger partial charge in [0, 0.05) is 39.2 Å². The summed E-state index contributed by atoms with van der Waals surface area (Å²) >= 11 is 18.6. The van der Waals surface area contributed by atoms with Gasteiger partial charge in [-0.1, -0.05) is 40.9 Å². The van der Waals surface area contributed by atoms with Crippen LogP contribution in [0.4, 0.5) is 23.7 Å². The average Bonchev–Trinajstić information content (AvgIpc) is 3.13. The molecule has 0 saturated carbocycles. The maximum atomic E-state index is 13.0. The summed E-state index contributed by atoms with van der Waals surface area (Å²) in [5.74, 6) is 0. The molecule has 0 aliphatic rings. The molecule has 0 atom stereocenters. The van der Waals surface area contributed by atoms with Gasteiger partial charge in [-0.3, -0.25) is 0 Å². The molecular formula is C26H19Cl3F3N3O. The quantitative estimate of drug-likeness (QED) is 0.255. The Morgan fingerprint density at radius 2 is 1.61 bits per heavy atom. The molecule has 0 saturated heterocycles. The molecule has 1 aromatic heterocycles. The predicted molar refractivity (Wildman–Crippen MR) is 138 cm³/mol. The Balaban J connectivity index is 1.61. The molecule has 4 aromatic rings. The van der Waals surface area contributed by atoms with Crippen LogP contribution >= 0.6 is 34.8 Å². The fourth-order valence-corrected chi connectivity index (χ4v) is 4.41. The summed E-state index contributed by atoms with van der Waals surface area (Å²) in [4.78, 5) is 12.5. The van der Waals surface area contributed by atoms with Crippen LogP contribution in [0.1, 0.15) is 16.8 Å². The Labute approximate surface area is 220 Å². The van der Waals surface area contributed by atoms with Crippen LogP contribution in [-0.2, 0) is 12.7 Å². The Morgan fingerprint density at radius 1 is 0.917 bits per heavy atom. The highest BCUT2D eigenvalue weighted by Crippen LogP contribution is 2.35. The molecule has 0 bridgehead atoms. The van der Waals surface area contributed by atoms with E-state index in [-0.39, 0.29) is 12.2 Å². The average molecular weight is 553 g/mol. The van der Waals surface area contributed by atoms with Crippen molar-refractivity contribution in [2.45, 2.75) is 19.6 Å². The number of carbonyl (C=O) groups is 1. The van der Waals surface area contributed by atoms with Crippen molar-refractivity contribution in [3.05, 3.63) is 105 Å². The molecule has 0 aliphatic heterocycles. The molecule has 3 aromatic carbocycles. The summed E-state index contributed by atoms with van der Waals surface area (Å²) in [7, 11) is 0. The molecule has 0 spiro atoms. The summed E-state index contributed by atoms with van der Waals surface area (Å²) < 4.78 is 40.9. The monoisotopic (exact) mass is 551 g/mol. The minimum Gasteiger partial charge on any atom is -0.334 e. The normalized spacial score (nSPS) is 11.4. The zero-order valence-corrected chi connectivity index (χ0v) is 21.0. The van der Waals surface area contributed by atoms with Gasteiger partial charge in [-0.2, -0.15) is 13.2 Å². The van der Waals surface area contributed by atoms with E-state index < -0.39 is 17.8 Å². The largest absolute Gasteiger partial charge is 0.416 e. The molecule has 1 heterocycles. The molecule has 0 unspecified atom stereocenters. The van der Waals surface area contributed by atoms with Gasteiger partial charge in [0.05, 0.1) is 16.3 Å². The number of amides is 2. The van der Waals surface area contributed by atoms with E-state index in [0.29, 0.717) is 15.1 Å². The van der Waals surface area contributed by atoms with Crippen LogP contribution in [0.25, 0.3) is 16.9 Å². The molecule has 0 radical (unpaired) electrons. The van der Waals surface area contributed by atoms with Crippen LogP contribution < -0.4 is 10.6 Å². The SMILES string of the molecule is Cc1c(CNC(=O)Nc2cccc(C(F)(F)F)c2)cc(-c2ccc(Cl)cc2Cl)n1-c1ccc(Cl)cc1. The minimum absolute atomic E-state index is 0.0337. The maximum absolute atomic E-state index is 13.0. The van der Waals surface area contributed by atoms with Gasteiger partial charge in [-0.05, 0) is 79.2 Å². The molecule has 0 aliphatic carbocycles. The smallest absolute Gasteiger partial charge is 0.334 e. The zero-order chi connectivity index (χ0) is 26.0. The number of benzene rings is 3. The molecule has 186 valence electrons. The van der Waals surface area contributed by atoms with E-state index in [2.05, 4.69) is 10.6 Å². The first-order chi connectivity index (χ1) is 17.0. The number of hydrogen-bond donors (Lipinski definition) is 2. The van der Waals surface area contributed by atoms with Crippen LogP contribution in [0.5, 0.6) is 0 Å². The number of nitrogens with zero attached hydrogens (tertiary/aromatic N) is 1. The van der Waals surface area contributed by atoms with Crippen molar-refractivity contribution in [2.75, 3.05) is 5.32 Å². The number of hydrogen-bond acceptors (Lipinski definition) is 1. The number of rotatable bonds is 5. The molecule has 36 heavy (non-hydrogen) atoms. The summed E-state index contributed by atoms with van der Waals surface area (Å²) in [5.41, 5.74) is 3.14. The Morgan fingerprint density at radius 3 is 2.28 bits per heavy atom. The highest BCUT2D eigenvalue weighted by atomic mass is 35.5. The lowest BCUT2D eigenvalue weighted by Gasteiger charge is -2.14.